The van der Waals surface area contributed by atoms with Crippen LogP contribution in [0.5, 0.6) is 0 Å². The number of carbonyl (C=O) groups excluding carboxylic acids is 3. The van der Waals surface area contributed by atoms with Gasteiger partial charge in [-0.2, -0.15) is 12.6 Å². The van der Waals surface area contributed by atoms with Gasteiger partial charge in [-0.05, 0) is 23.6 Å². The fraction of sp³-hybridized carbons (Fsp3) is 0.308. The quantitative estimate of drug-likeness (QED) is 0.137. The molecular weight excluding hydrogens is 510 g/mol. The number of amides is 3. The lowest BCUT2D eigenvalue weighted by Crippen LogP contribution is -2.58. The number of aromatic nitrogens is 1. The van der Waals surface area contributed by atoms with E-state index in [1.54, 1.807) is 6.20 Å². The second kappa shape index (κ2) is 13.6. The average molecular weight is 542 g/mol. The van der Waals surface area contributed by atoms with Crippen LogP contribution in [0.3, 0.4) is 0 Å². The van der Waals surface area contributed by atoms with Gasteiger partial charge in [0.2, 0.25) is 17.7 Å². The van der Waals surface area contributed by atoms with Crippen molar-refractivity contribution in [2.45, 2.75) is 37.0 Å². The number of para-hydroxylation sites is 1. The SMILES string of the molecule is NC(Cc1ccccc1)C(=O)NC(Cc1c[nH]c2ccccc12)C(=O)NC(CS)C(=O)NC(CO)C(=O)O. The third kappa shape index (κ3) is 7.57. The van der Waals surface area contributed by atoms with Gasteiger partial charge in [0, 0.05) is 29.3 Å². The number of aromatic amines is 1. The molecule has 0 saturated carbocycles. The molecule has 8 N–H and O–H groups in total. The van der Waals surface area contributed by atoms with Gasteiger partial charge in [0.25, 0.3) is 0 Å². The standard InChI is InChI=1S/C26H31N5O6S/c27-18(10-15-6-2-1-3-7-15)23(33)29-20(11-16-12-28-19-9-5-4-8-17(16)19)24(34)31-22(14-38)25(35)30-21(13-32)26(36)37/h1-9,12,18,20-22,28,32,38H,10-11,13-14,27H2,(H,29,33)(H,30,35)(H,31,34)(H,36,37). The van der Waals surface area contributed by atoms with Crippen LogP contribution in [0.25, 0.3) is 10.9 Å². The average Bonchev–Trinajstić information content (AvgIpc) is 3.32. The fourth-order valence-electron chi connectivity index (χ4n) is 3.89. The topological polar surface area (TPSA) is 187 Å². The normalized spacial score (nSPS) is 14.2. The van der Waals surface area contributed by atoms with Crippen LogP contribution in [0, 0.1) is 0 Å². The third-order valence-corrected chi connectivity index (χ3v) is 6.35. The van der Waals surface area contributed by atoms with Crippen molar-refractivity contribution in [2.24, 2.45) is 5.73 Å². The number of carboxylic acid groups (broad SMARTS) is 1. The number of thiol groups is 1. The Balaban J connectivity index is 1.78. The van der Waals surface area contributed by atoms with Gasteiger partial charge in [0.15, 0.2) is 0 Å². The van der Waals surface area contributed by atoms with E-state index in [1.807, 2.05) is 54.6 Å². The molecule has 0 radical (unpaired) electrons. The molecule has 0 aliphatic carbocycles. The Morgan fingerprint density at radius 1 is 0.842 bits per heavy atom. The number of hydrogen-bond acceptors (Lipinski definition) is 7. The Hall–Kier alpha value is -3.87. The first-order chi connectivity index (χ1) is 18.2. The highest BCUT2D eigenvalue weighted by atomic mass is 32.1. The summed E-state index contributed by atoms with van der Waals surface area (Å²) in [6.45, 7) is -0.827. The summed E-state index contributed by atoms with van der Waals surface area (Å²) in [6.07, 6.45) is 2.09. The van der Waals surface area contributed by atoms with Gasteiger partial charge in [-0.25, -0.2) is 4.79 Å². The summed E-state index contributed by atoms with van der Waals surface area (Å²) >= 11 is 4.10. The lowest BCUT2D eigenvalue weighted by atomic mass is 10.0. The van der Waals surface area contributed by atoms with Crippen molar-refractivity contribution in [3.8, 4) is 0 Å². The molecule has 12 heteroatoms. The molecule has 0 aliphatic rings. The van der Waals surface area contributed by atoms with Crippen LogP contribution < -0.4 is 21.7 Å². The summed E-state index contributed by atoms with van der Waals surface area (Å²) in [5, 5.41) is 26.5. The van der Waals surface area contributed by atoms with Crippen LogP contribution in [-0.4, -0.2) is 75.4 Å². The highest BCUT2D eigenvalue weighted by Crippen LogP contribution is 2.19. The second-order valence-electron chi connectivity index (χ2n) is 8.75. The van der Waals surface area contributed by atoms with Crippen LogP contribution >= 0.6 is 12.6 Å². The lowest BCUT2D eigenvalue weighted by molar-refractivity contribution is -0.143. The first kappa shape index (κ1) is 28.7. The first-order valence-corrected chi connectivity index (χ1v) is 12.6. The Morgan fingerprint density at radius 3 is 2.11 bits per heavy atom. The number of H-pyrrole nitrogens is 1. The number of benzene rings is 2. The van der Waals surface area contributed by atoms with Crippen LogP contribution in [-0.2, 0) is 32.0 Å². The van der Waals surface area contributed by atoms with Gasteiger partial charge in [0.1, 0.15) is 18.1 Å². The maximum absolute atomic E-state index is 13.3. The lowest BCUT2D eigenvalue weighted by Gasteiger charge is -2.24. The summed E-state index contributed by atoms with van der Waals surface area (Å²) in [7, 11) is 0. The number of nitrogens with one attached hydrogen (secondary N) is 4. The fourth-order valence-corrected chi connectivity index (χ4v) is 4.15. The number of rotatable bonds is 13. The molecule has 3 amide bonds. The number of aliphatic hydroxyl groups excluding tert-OH is 1. The zero-order chi connectivity index (χ0) is 27.7. The van der Waals surface area contributed by atoms with Crippen LogP contribution in [0.4, 0.5) is 0 Å². The molecule has 4 unspecified atom stereocenters. The minimum Gasteiger partial charge on any atom is -0.480 e. The summed E-state index contributed by atoms with van der Waals surface area (Å²) in [5.74, 6) is -3.65. The summed E-state index contributed by atoms with van der Waals surface area (Å²) in [6, 6.07) is 11.9. The first-order valence-electron chi connectivity index (χ1n) is 11.9. The molecule has 202 valence electrons. The van der Waals surface area contributed by atoms with E-state index in [9.17, 15) is 24.3 Å². The molecule has 2 aromatic carbocycles. The highest BCUT2D eigenvalue weighted by Gasteiger charge is 2.30. The third-order valence-electron chi connectivity index (χ3n) is 5.98. The Kier molecular flexibility index (Phi) is 10.3. The predicted molar refractivity (Wildman–Crippen MR) is 144 cm³/mol. The molecule has 1 aromatic heterocycles. The molecule has 3 aromatic rings. The second-order valence-corrected chi connectivity index (χ2v) is 9.11. The Labute approximate surface area is 224 Å². The van der Waals surface area contributed by atoms with Crippen molar-refractivity contribution in [1.29, 1.82) is 0 Å². The molecule has 38 heavy (non-hydrogen) atoms. The van der Waals surface area contributed by atoms with Crippen molar-refractivity contribution in [1.82, 2.24) is 20.9 Å². The largest absolute Gasteiger partial charge is 0.480 e. The molecular formula is C26H31N5O6S. The molecule has 0 fully saturated rings. The maximum atomic E-state index is 13.3. The van der Waals surface area contributed by atoms with Crippen molar-refractivity contribution in [2.75, 3.05) is 12.4 Å². The van der Waals surface area contributed by atoms with Crippen molar-refractivity contribution in [3.05, 3.63) is 71.9 Å². The Morgan fingerprint density at radius 2 is 1.45 bits per heavy atom. The van der Waals surface area contributed by atoms with Crippen LogP contribution in [0.1, 0.15) is 11.1 Å². The number of aliphatic carboxylic acids is 1. The van der Waals surface area contributed by atoms with Crippen molar-refractivity contribution in [3.63, 3.8) is 0 Å². The number of hydrogen-bond donors (Lipinski definition) is 8. The zero-order valence-electron chi connectivity index (χ0n) is 20.5. The number of fused-ring (bicyclic) bond motifs is 1. The molecule has 0 bridgehead atoms. The van der Waals surface area contributed by atoms with E-state index in [4.69, 9.17) is 10.8 Å². The minimum atomic E-state index is -1.54. The number of carbonyl (C=O) groups is 4. The predicted octanol–water partition coefficient (Wildman–Crippen LogP) is -0.258. The number of aliphatic hydroxyl groups is 1. The maximum Gasteiger partial charge on any atom is 0.328 e. The van der Waals surface area contributed by atoms with Gasteiger partial charge < -0.3 is 36.9 Å². The molecule has 11 nitrogen and oxygen atoms in total. The molecule has 0 aliphatic heterocycles. The van der Waals surface area contributed by atoms with Crippen molar-refractivity contribution < 1.29 is 29.4 Å². The molecule has 3 rings (SSSR count). The molecule has 0 saturated heterocycles. The van der Waals surface area contributed by atoms with E-state index in [-0.39, 0.29) is 18.6 Å². The number of nitrogens with two attached hydrogens (primary N) is 1. The van der Waals surface area contributed by atoms with Gasteiger partial charge in [-0.3, -0.25) is 14.4 Å². The molecule has 4 atom stereocenters. The van der Waals surface area contributed by atoms with E-state index < -0.39 is 54.5 Å². The van der Waals surface area contributed by atoms with Gasteiger partial charge >= 0.3 is 5.97 Å². The minimum absolute atomic E-state index is 0.0922. The van der Waals surface area contributed by atoms with Crippen molar-refractivity contribution >= 4 is 47.2 Å². The van der Waals surface area contributed by atoms with Gasteiger partial charge in [0.05, 0.1) is 12.6 Å². The van der Waals surface area contributed by atoms with Gasteiger partial charge in [-0.1, -0.05) is 48.5 Å². The van der Waals surface area contributed by atoms with Gasteiger partial charge in [-0.15, -0.1) is 0 Å². The summed E-state index contributed by atoms with van der Waals surface area (Å²) in [5.41, 5.74) is 8.60. The van der Waals surface area contributed by atoms with E-state index in [0.29, 0.717) is 0 Å². The summed E-state index contributed by atoms with van der Waals surface area (Å²) in [4.78, 5) is 53.2. The van der Waals surface area contributed by atoms with Crippen LogP contribution in [0.15, 0.2) is 60.8 Å². The summed E-state index contributed by atoms with van der Waals surface area (Å²) < 4.78 is 0. The monoisotopic (exact) mass is 541 g/mol. The Bertz CT molecular complexity index is 1270. The number of carboxylic acids is 1. The molecule has 1 heterocycles. The van der Waals surface area contributed by atoms with E-state index in [0.717, 1.165) is 22.0 Å². The van der Waals surface area contributed by atoms with Crippen LogP contribution in [0.2, 0.25) is 0 Å². The smallest absolute Gasteiger partial charge is 0.328 e. The molecule has 0 spiro atoms. The highest BCUT2D eigenvalue weighted by molar-refractivity contribution is 7.80. The van der Waals surface area contributed by atoms with E-state index >= 15 is 0 Å². The van der Waals surface area contributed by atoms with E-state index in [2.05, 4.69) is 33.6 Å². The zero-order valence-corrected chi connectivity index (χ0v) is 21.4. The van der Waals surface area contributed by atoms with E-state index in [1.165, 1.54) is 0 Å².